The summed E-state index contributed by atoms with van der Waals surface area (Å²) < 4.78 is 5.78. The summed E-state index contributed by atoms with van der Waals surface area (Å²) in [5.74, 6) is 0.0983. The number of carbonyl (C=O) groups excluding carboxylic acids is 2. The average Bonchev–Trinajstić information content (AvgIpc) is 2.81. The summed E-state index contributed by atoms with van der Waals surface area (Å²) >= 11 is 11.5. The van der Waals surface area contributed by atoms with E-state index < -0.39 is 0 Å². The molecule has 0 bridgehead atoms. The maximum Gasteiger partial charge on any atom is 0.257 e. The summed E-state index contributed by atoms with van der Waals surface area (Å²) in [6.45, 7) is 2.33. The van der Waals surface area contributed by atoms with E-state index in [9.17, 15) is 9.59 Å². The summed E-state index contributed by atoms with van der Waals surface area (Å²) in [6.07, 6.45) is 1.17. The number of carbonyl (C=O) groups is 2. The quantitative estimate of drug-likeness (QED) is 0.355. The fraction of sp³-hybridized carbons (Fsp3) is 0.160. The van der Waals surface area contributed by atoms with Crippen LogP contribution in [-0.2, 0) is 11.4 Å². The van der Waals surface area contributed by atoms with Gasteiger partial charge in [0.15, 0.2) is 5.11 Å². The minimum absolute atomic E-state index is 0.0783. The molecule has 8 heteroatoms. The molecule has 0 heterocycles. The molecular weight excluding hydrogens is 458 g/mol. The molecule has 0 fully saturated rings. The van der Waals surface area contributed by atoms with E-state index in [1.54, 1.807) is 42.5 Å². The van der Waals surface area contributed by atoms with Crippen molar-refractivity contribution < 1.29 is 14.3 Å². The van der Waals surface area contributed by atoms with Gasteiger partial charge < -0.3 is 15.4 Å². The van der Waals surface area contributed by atoms with Crippen molar-refractivity contribution in [2.45, 2.75) is 26.4 Å². The minimum atomic E-state index is -0.388. The number of ether oxygens (including phenoxy) is 1. The summed E-state index contributed by atoms with van der Waals surface area (Å²) in [5.41, 5.74) is 2.48. The molecular formula is C25H24ClN3O3S. The Balaban J connectivity index is 1.59. The third-order valence-electron chi connectivity index (χ3n) is 4.55. The number of thiocarbonyl (C=S) groups is 1. The SMILES string of the molecule is CCCC(=O)Nc1ccc(Cl)c(NC(=S)NC(=O)c2cccc(OCc3ccccc3)c2)c1. The third kappa shape index (κ3) is 7.59. The fourth-order valence-electron chi connectivity index (χ4n) is 2.95. The first-order chi connectivity index (χ1) is 15.9. The smallest absolute Gasteiger partial charge is 0.257 e. The molecule has 0 aromatic heterocycles. The van der Waals surface area contributed by atoms with E-state index in [0.29, 0.717) is 40.7 Å². The van der Waals surface area contributed by atoms with Crippen molar-refractivity contribution in [2.75, 3.05) is 10.6 Å². The lowest BCUT2D eigenvalue weighted by Crippen LogP contribution is -2.34. The van der Waals surface area contributed by atoms with E-state index in [1.165, 1.54) is 0 Å². The van der Waals surface area contributed by atoms with Crippen LogP contribution in [0.3, 0.4) is 0 Å². The molecule has 0 atom stereocenters. The highest BCUT2D eigenvalue weighted by Gasteiger charge is 2.11. The van der Waals surface area contributed by atoms with Crippen LogP contribution in [0.25, 0.3) is 0 Å². The molecule has 3 rings (SSSR count). The Morgan fingerprint density at radius 1 is 0.970 bits per heavy atom. The number of benzene rings is 3. The molecule has 0 aliphatic rings. The second-order valence-corrected chi connectivity index (χ2v) is 8.02. The molecule has 0 aliphatic heterocycles. The topological polar surface area (TPSA) is 79.5 Å². The number of anilines is 2. The Labute approximate surface area is 203 Å². The molecule has 6 nitrogen and oxygen atoms in total. The van der Waals surface area contributed by atoms with Gasteiger partial charge in [-0.15, -0.1) is 0 Å². The van der Waals surface area contributed by atoms with Crippen LogP contribution in [0.4, 0.5) is 11.4 Å². The Bertz CT molecular complexity index is 1140. The van der Waals surface area contributed by atoms with Gasteiger partial charge in [-0.2, -0.15) is 0 Å². The minimum Gasteiger partial charge on any atom is -0.489 e. The number of hydrogen-bond donors (Lipinski definition) is 3. The van der Waals surface area contributed by atoms with Crippen molar-refractivity contribution in [2.24, 2.45) is 0 Å². The molecule has 0 aliphatic carbocycles. The molecule has 0 radical (unpaired) electrons. The predicted octanol–water partition coefficient (Wildman–Crippen LogP) is 5.78. The summed E-state index contributed by atoms with van der Waals surface area (Å²) in [6, 6.07) is 21.6. The van der Waals surface area contributed by atoms with E-state index in [4.69, 9.17) is 28.6 Å². The first-order valence-electron chi connectivity index (χ1n) is 10.4. The van der Waals surface area contributed by atoms with Crippen molar-refractivity contribution in [3.63, 3.8) is 0 Å². The van der Waals surface area contributed by atoms with Crippen LogP contribution in [-0.4, -0.2) is 16.9 Å². The Hall–Kier alpha value is -3.42. The van der Waals surface area contributed by atoms with Gasteiger partial charge >= 0.3 is 0 Å². The predicted molar refractivity (Wildman–Crippen MR) is 136 cm³/mol. The van der Waals surface area contributed by atoms with E-state index >= 15 is 0 Å². The van der Waals surface area contributed by atoms with Gasteiger partial charge in [0, 0.05) is 17.7 Å². The number of amides is 2. The second kappa shape index (κ2) is 12.0. The molecule has 0 unspecified atom stereocenters. The van der Waals surface area contributed by atoms with Crippen molar-refractivity contribution in [1.29, 1.82) is 0 Å². The van der Waals surface area contributed by atoms with Gasteiger partial charge in [-0.05, 0) is 60.6 Å². The Morgan fingerprint density at radius 2 is 1.76 bits per heavy atom. The number of hydrogen-bond acceptors (Lipinski definition) is 4. The van der Waals surface area contributed by atoms with Gasteiger partial charge in [0.05, 0.1) is 10.7 Å². The molecule has 3 aromatic rings. The van der Waals surface area contributed by atoms with Crippen LogP contribution in [0.15, 0.2) is 72.8 Å². The Morgan fingerprint density at radius 3 is 2.52 bits per heavy atom. The van der Waals surface area contributed by atoms with Crippen LogP contribution < -0.4 is 20.7 Å². The molecule has 3 aromatic carbocycles. The first-order valence-corrected chi connectivity index (χ1v) is 11.2. The van der Waals surface area contributed by atoms with Gasteiger partial charge in [-0.25, -0.2) is 0 Å². The highest BCUT2D eigenvalue weighted by molar-refractivity contribution is 7.80. The largest absolute Gasteiger partial charge is 0.489 e. The summed E-state index contributed by atoms with van der Waals surface area (Å²) in [7, 11) is 0. The van der Waals surface area contributed by atoms with E-state index in [0.717, 1.165) is 12.0 Å². The van der Waals surface area contributed by atoms with Crippen LogP contribution in [0, 0.1) is 0 Å². The lowest BCUT2D eigenvalue weighted by atomic mass is 10.2. The van der Waals surface area contributed by atoms with Crippen molar-refractivity contribution in [3.05, 3.63) is 88.9 Å². The third-order valence-corrected chi connectivity index (χ3v) is 5.08. The van der Waals surface area contributed by atoms with Crippen LogP contribution in [0.5, 0.6) is 5.75 Å². The monoisotopic (exact) mass is 481 g/mol. The van der Waals surface area contributed by atoms with Gasteiger partial charge in [0.1, 0.15) is 12.4 Å². The summed E-state index contributed by atoms with van der Waals surface area (Å²) in [4.78, 5) is 24.5. The van der Waals surface area contributed by atoms with Gasteiger partial charge in [-0.3, -0.25) is 14.9 Å². The average molecular weight is 482 g/mol. The van der Waals surface area contributed by atoms with Gasteiger partial charge in [0.25, 0.3) is 5.91 Å². The molecule has 0 saturated carbocycles. The normalized spacial score (nSPS) is 10.2. The molecule has 33 heavy (non-hydrogen) atoms. The molecule has 0 spiro atoms. The number of halogens is 1. The zero-order valence-electron chi connectivity index (χ0n) is 18.1. The molecule has 0 saturated heterocycles. The van der Waals surface area contributed by atoms with E-state index in [-0.39, 0.29) is 16.9 Å². The van der Waals surface area contributed by atoms with Crippen molar-refractivity contribution >= 4 is 52.1 Å². The zero-order valence-corrected chi connectivity index (χ0v) is 19.6. The first kappa shape index (κ1) is 24.2. The van der Waals surface area contributed by atoms with Crippen LogP contribution >= 0.6 is 23.8 Å². The summed E-state index contributed by atoms with van der Waals surface area (Å²) in [5, 5.41) is 8.81. The lowest BCUT2D eigenvalue weighted by Gasteiger charge is -2.13. The standard InChI is InChI=1S/C25H24ClN3O3S/c1-2-7-23(30)27-19-12-13-21(26)22(15-19)28-25(33)29-24(31)18-10-6-11-20(14-18)32-16-17-8-4-3-5-9-17/h3-6,8-15H,2,7,16H2,1H3,(H,27,30)(H2,28,29,31,33). The van der Waals surface area contributed by atoms with E-state index in [2.05, 4.69) is 16.0 Å². The van der Waals surface area contributed by atoms with Crippen LogP contribution in [0.2, 0.25) is 5.02 Å². The van der Waals surface area contributed by atoms with Crippen molar-refractivity contribution in [3.8, 4) is 5.75 Å². The van der Waals surface area contributed by atoms with Gasteiger partial charge in [0.2, 0.25) is 5.91 Å². The fourth-order valence-corrected chi connectivity index (χ4v) is 3.31. The lowest BCUT2D eigenvalue weighted by molar-refractivity contribution is -0.116. The maximum absolute atomic E-state index is 12.7. The number of nitrogens with one attached hydrogen (secondary N) is 3. The highest BCUT2D eigenvalue weighted by atomic mass is 35.5. The Kier molecular flexibility index (Phi) is 8.80. The molecule has 170 valence electrons. The highest BCUT2D eigenvalue weighted by Crippen LogP contribution is 2.26. The van der Waals surface area contributed by atoms with Gasteiger partial charge in [-0.1, -0.05) is 54.9 Å². The second-order valence-electron chi connectivity index (χ2n) is 7.20. The maximum atomic E-state index is 12.7. The van der Waals surface area contributed by atoms with E-state index in [1.807, 2.05) is 37.3 Å². The zero-order chi connectivity index (χ0) is 23.6. The van der Waals surface area contributed by atoms with Crippen LogP contribution in [0.1, 0.15) is 35.7 Å². The molecule has 3 N–H and O–H groups in total. The number of rotatable bonds is 8. The molecule has 2 amide bonds. The van der Waals surface area contributed by atoms with Crippen molar-refractivity contribution in [1.82, 2.24) is 5.32 Å².